The first-order valence-electron chi connectivity index (χ1n) is 10.7. The Morgan fingerprint density at radius 1 is 1.35 bits per heavy atom. The van der Waals surface area contributed by atoms with E-state index in [9.17, 15) is 23.3 Å². The number of amides is 2. The van der Waals surface area contributed by atoms with Crippen molar-refractivity contribution < 1.29 is 22.7 Å². The van der Waals surface area contributed by atoms with Gasteiger partial charge in [-0.25, -0.2) is 8.42 Å². The summed E-state index contributed by atoms with van der Waals surface area (Å²) in [6.07, 6.45) is 2.30. The first-order chi connectivity index (χ1) is 16.2. The Labute approximate surface area is 202 Å². The fourth-order valence-corrected chi connectivity index (χ4v) is 6.05. The van der Waals surface area contributed by atoms with Gasteiger partial charge in [-0.2, -0.15) is 5.26 Å². The minimum absolute atomic E-state index is 0.0531. The predicted octanol–water partition coefficient (Wildman–Crippen LogP) is 0.639. The minimum atomic E-state index is -3.17. The molecular formula is C22H25N5O5S2. The van der Waals surface area contributed by atoms with E-state index in [1.54, 1.807) is 12.3 Å². The summed E-state index contributed by atoms with van der Waals surface area (Å²) in [5.74, 6) is 0.251. The molecule has 0 radical (unpaired) electrons. The third-order valence-electron chi connectivity index (χ3n) is 5.71. The second kappa shape index (κ2) is 10.2. The van der Waals surface area contributed by atoms with Gasteiger partial charge in [-0.1, -0.05) is 0 Å². The number of benzene rings is 1. The van der Waals surface area contributed by atoms with Crippen LogP contribution in [0.25, 0.3) is 10.9 Å². The summed E-state index contributed by atoms with van der Waals surface area (Å²) in [6, 6.07) is 8.78. The van der Waals surface area contributed by atoms with Crippen LogP contribution in [-0.4, -0.2) is 92.1 Å². The fraction of sp³-hybridized carbons (Fsp3) is 0.455. The van der Waals surface area contributed by atoms with Gasteiger partial charge in [-0.15, -0.1) is 11.8 Å². The molecule has 180 valence electrons. The monoisotopic (exact) mass is 503 g/mol. The van der Waals surface area contributed by atoms with Gasteiger partial charge in [0.2, 0.25) is 5.91 Å². The summed E-state index contributed by atoms with van der Waals surface area (Å²) in [7, 11) is -3.17. The van der Waals surface area contributed by atoms with Gasteiger partial charge in [0.15, 0.2) is 0 Å². The van der Waals surface area contributed by atoms with Crippen LogP contribution in [0.5, 0.6) is 0 Å². The number of hydrogen-bond donors (Lipinski definition) is 1. The molecule has 1 N–H and O–H groups in total. The van der Waals surface area contributed by atoms with Gasteiger partial charge in [0, 0.05) is 42.4 Å². The number of morpholine rings is 1. The van der Waals surface area contributed by atoms with Crippen molar-refractivity contribution in [2.75, 3.05) is 54.8 Å². The normalized spacial score (nSPS) is 20.8. The van der Waals surface area contributed by atoms with Crippen LogP contribution < -0.4 is 10.2 Å². The van der Waals surface area contributed by atoms with E-state index < -0.39 is 27.9 Å². The molecule has 12 heteroatoms. The maximum atomic E-state index is 12.9. The zero-order valence-electron chi connectivity index (χ0n) is 18.6. The highest BCUT2D eigenvalue weighted by molar-refractivity contribution is 7.99. The maximum absolute atomic E-state index is 12.9. The highest BCUT2D eigenvalue weighted by atomic mass is 32.2. The Hall–Kier alpha value is -2.88. The highest BCUT2D eigenvalue weighted by Gasteiger charge is 2.29. The van der Waals surface area contributed by atoms with Crippen molar-refractivity contribution in [3.8, 4) is 6.07 Å². The smallest absolute Gasteiger partial charge is 0.252 e. The number of aromatic nitrogens is 1. The van der Waals surface area contributed by atoms with E-state index in [4.69, 9.17) is 4.74 Å². The van der Waals surface area contributed by atoms with Gasteiger partial charge in [-0.3, -0.25) is 14.6 Å². The number of rotatable bonds is 6. The summed E-state index contributed by atoms with van der Waals surface area (Å²) in [5.41, 5.74) is 1.84. The fourth-order valence-electron chi connectivity index (χ4n) is 4.07. The molecule has 0 spiro atoms. The van der Waals surface area contributed by atoms with Crippen LogP contribution in [0.4, 0.5) is 5.69 Å². The van der Waals surface area contributed by atoms with Crippen molar-refractivity contribution in [3.05, 3.63) is 36.0 Å². The van der Waals surface area contributed by atoms with Crippen LogP contribution in [0.2, 0.25) is 0 Å². The van der Waals surface area contributed by atoms with Gasteiger partial charge in [0.25, 0.3) is 5.91 Å². The van der Waals surface area contributed by atoms with Gasteiger partial charge in [0.1, 0.15) is 15.9 Å². The summed E-state index contributed by atoms with van der Waals surface area (Å²) >= 11 is 1.51. The number of anilines is 1. The van der Waals surface area contributed by atoms with Crippen molar-refractivity contribution in [3.63, 3.8) is 0 Å². The summed E-state index contributed by atoms with van der Waals surface area (Å²) < 4.78 is 29.0. The van der Waals surface area contributed by atoms with E-state index >= 15 is 0 Å². The van der Waals surface area contributed by atoms with E-state index in [0.717, 1.165) is 5.69 Å². The lowest BCUT2D eigenvalue weighted by Crippen LogP contribution is -2.45. The number of pyridine rings is 1. The highest BCUT2D eigenvalue weighted by Crippen LogP contribution is 2.26. The van der Waals surface area contributed by atoms with E-state index in [-0.39, 0.29) is 18.2 Å². The van der Waals surface area contributed by atoms with Crippen LogP contribution in [-0.2, 0) is 19.4 Å². The van der Waals surface area contributed by atoms with Gasteiger partial charge in [0.05, 0.1) is 48.0 Å². The van der Waals surface area contributed by atoms with Crippen LogP contribution in [0.3, 0.4) is 0 Å². The Morgan fingerprint density at radius 3 is 2.94 bits per heavy atom. The maximum Gasteiger partial charge on any atom is 0.252 e. The third kappa shape index (κ3) is 5.60. The topological polar surface area (TPSA) is 133 Å². The summed E-state index contributed by atoms with van der Waals surface area (Å²) in [5, 5.41) is 12.5. The second-order valence-electron chi connectivity index (χ2n) is 8.28. The molecule has 2 aromatic rings. The van der Waals surface area contributed by atoms with E-state index in [0.29, 0.717) is 47.8 Å². The largest absolute Gasteiger partial charge is 0.373 e. The first kappa shape index (κ1) is 24.3. The van der Waals surface area contributed by atoms with Crippen LogP contribution in [0.15, 0.2) is 30.5 Å². The molecule has 4 rings (SSSR count). The third-order valence-corrected chi connectivity index (χ3v) is 7.70. The Bertz CT molecular complexity index is 1250. The molecule has 2 aliphatic rings. The molecule has 2 aliphatic heterocycles. The number of ether oxygens (including phenoxy) is 1. The molecule has 2 saturated heterocycles. The molecule has 0 bridgehead atoms. The Morgan fingerprint density at radius 2 is 2.18 bits per heavy atom. The van der Waals surface area contributed by atoms with Crippen molar-refractivity contribution in [1.29, 1.82) is 5.26 Å². The minimum Gasteiger partial charge on any atom is -0.373 e. The lowest BCUT2D eigenvalue weighted by Gasteiger charge is -2.34. The molecule has 10 nitrogen and oxygen atoms in total. The Kier molecular flexibility index (Phi) is 7.25. The number of thioether (sulfide) groups is 1. The SMILES string of the molecule is CS(=O)(=O)C[C@H]1CN(c2ccc3nccc(C(=O)NCC(=O)N4CSC[C@H]4C#N)c3c2)CCO1. The summed E-state index contributed by atoms with van der Waals surface area (Å²) in [4.78, 5) is 33.3. The van der Waals surface area contributed by atoms with E-state index in [2.05, 4.69) is 16.4 Å². The van der Waals surface area contributed by atoms with Crippen LogP contribution in [0.1, 0.15) is 10.4 Å². The van der Waals surface area contributed by atoms with Crippen molar-refractivity contribution in [2.24, 2.45) is 0 Å². The quantitative estimate of drug-likeness (QED) is 0.603. The molecule has 2 fully saturated rings. The molecule has 0 aliphatic carbocycles. The lowest BCUT2D eigenvalue weighted by molar-refractivity contribution is -0.129. The molecule has 2 atom stereocenters. The van der Waals surface area contributed by atoms with E-state index in [1.165, 1.54) is 22.9 Å². The number of nitrogens with one attached hydrogen (secondary N) is 1. The second-order valence-corrected chi connectivity index (χ2v) is 11.5. The molecular weight excluding hydrogens is 478 g/mol. The van der Waals surface area contributed by atoms with Gasteiger partial charge in [-0.05, 0) is 24.3 Å². The zero-order valence-corrected chi connectivity index (χ0v) is 20.3. The predicted molar refractivity (Wildman–Crippen MR) is 129 cm³/mol. The number of fused-ring (bicyclic) bond motifs is 1. The molecule has 1 aromatic heterocycles. The van der Waals surface area contributed by atoms with Gasteiger partial charge >= 0.3 is 0 Å². The van der Waals surface area contributed by atoms with Crippen LogP contribution >= 0.6 is 11.8 Å². The molecule has 3 heterocycles. The number of sulfone groups is 1. The van der Waals surface area contributed by atoms with Gasteiger partial charge < -0.3 is 19.9 Å². The molecule has 2 amide bonds. The molecule has 34 heavy (non-hydrogen) atoms. The molecule has 1 aromatic carbocycles. The number of hydrogen-bond acceptors (Lipinski definition) is 9. The number of nitrogens with zero attached hydrogens (tertiary/aromatic N) is 4. The number of carbonyl (C=O) groups is 2. The van der Waals surface area contributed by atoms with Crippen molar-refractivity contribution in [1.82, 2.24) is 15.2 Å². The van der Waals surface area contributed by atoms with E-state index in [1.807, 2.05) is 23.1 Å². The number of carbonyl (C=O) groups excluding carboxylic acids is 2. The first-order valence-corrected chi connectivity index (χ1v) is 13.9. The Balaban J connectivity index is 1.50. The van der Waals surface area contributed by atoms with Crippen molar-refractivity contribution in [2.45, 2.75) is 12.1 Å². The molecule has 0 unspecified atom stereocenters. The average molecular weight is 504 g/mol. The zero-order chi connectivity index (χ0) is 24.3. The van der Waals surface area contributed by atoms with Crippen LogP contribution in [0, 0.1) is 11.3 Å². The lowest BCUT2D eigenvalue weighted by atomic mass is 10.1. The summed E-state index contributed by atoms with van der Waals surface area (Å²) in [6.45, 7) is 1.22. The molecule has 0 saturated carbocycles. The average Bonchev–Trinajstić information content (AvgIpc) is 3.30. The van der Waals surface area contributed by atoms with Crippen molar-refractivity contribution >= 4 is 50.0 Å². The standard InChI is InChI=1S/C22H25N5O5S2/c1-34(30,31)13-17-11-26(6-7-32-17)15-2-3-20-19(8-15)18(4-5-24-20)22(29)25-10-21(28)27-14-33-12-16(27)9-23/h2-5,8,16-17H,6-7,10-14H2,1H3,(H,25,29)/t16-,17-/m1/s1. The number of nitriles is 1.